The van der Waals surface area contributed by atoms with E-state index < -0.39 is 21.7 Å². The Morgan fingerprint density at radius 1 is 1.00 bits per heavy atom. The molecule has 2 aliphatic rings. The van der Waals surface area contributed by atoms with Crippen LogP contribution in [0.15, 0.2) is 47.4 Å². The Balaban J connectivity index is 1.60. The number of carbonyl (C=O) groups excluding carboxylic acids is 1. The van der Waals surface area contributed by atoms with Gasteiger partial charge in [-0.05, 0) is 43.2 Å². The van der Waals surface area contributed by atoms with E-state index in [1.54, 1.807) is 12.1 Å². The fourth-order valence-electron chi connectivity index (χ4n) is 3.78. The number of para-hydroxylation sites is 2. The molecule has 0 saturated carbocycles. The van der Waals surface area contributed by atoms with Crippen molar-refractivity contribution in [1.29, 1.82) is 0 Å². The van der Waals surface area contributed by atoms with Crippen LogP contribution in [-0.4, -0.2) is 58.0 Å². The Hall–Kier alpha value is -2.49. The maximum absolute atomic E-state index is 14.5. The van der Waals surface area contributed by atoms with Gasteiger partial charge in [0, 0.05) is 26.2 Å². The topological polar surface area (TPSA) is 79.0 Å². The van der Waals surface area contributed by atoms with Crippen molar-refractivity contribution >= 4 is 27.3 Å². The zero-order valence-electron chi connectivity index (χ0n) is 16.5. The fraction of sp³-hybridized carbons (Fsp3) is 0.381. The highest BCUT2D eigenvalue weighted by molar-refractivity contribution is 7.89. The monoisotopic (exact) mass is 433 g/mol. The first-order valence-electron chi connectivity index (χ1n) is 9.99. The standard InChI is InChI=1S/C21H24FN3O4S/c22-18-8-7-16(30(27,28)25-11-13-29-14-12-25)15-17(18)21(26)23-19-5-1-2-6-20(19)24-9-3-4-10-24/h1-2,5-8,15H,3-4,9-14H2,(H,23,26). The lowest BCUT2D eigenvalue weighted by molar-refractivity contribution is 0.0730. The van der Waals surface area contributed by atoms with Gasteiger partial charge in [-0.1, -0.05) is 12.1 Å². The van der Waals surface area contributed by atoms with Crippen LogP contribution in [0, 0.1) is 5.82 Å². The molecule has 4 rings (SSSR count). The third kappa shape index (κ3) is 4.19. The fourth-order valence-corrected chi connectivity index (χ4v) is 5.21. The summed E-state index contributed by atoms with van der Waals surface area (Å²) in [5.74, 6) is -1.45. The largest absolute Gasteiger partial charge is 0.379 e. The Bertz CT molecular complexity index is 1030. The maximum Gasteiger partial charge on any atom is 0.258 e. The third-order valence-corrected chi connectivity index (χ3v) is 7.28. The number of nitrogens with zero attached hydrogens (tertiary/aromatic N) is 2. The zero-order chi connectivity index (χ0) is 21.1. The summed E-state index contributed by atoms with van der Waals surface area (Å²) in [6.07, 6.45) is 2.16. The number of hydrogen-bond donors (Lipinski definition) is 1. The van der Waals surface area contributed by atoms with Gasteiger partial charge in [0.1, 0.15) is 5.82 Å². The average molecular weight is 434 g/mol. The molecule has 2 aromatic rings. The second-order valence-corrected chi connectivity index (χ2v) is 9.26. The number of carbonyl (C=O) groups is 1. The molecule has 160 valence electrons. The lowest BCUT2D eigenvalue weighted by atomic mass is 10.2. The van der Waals surface area contributed by atoms with Gasteiger partial charge in [-0.25, -0.2) is 12.8 Å². The third-order valence-electron chi connectivity index (χ3n) is 5.39. The molecule has 30 heavy (non-hydrogen) atoms. The smallest absolute Gasteiger partial charge is 0.258 e. The van der Waals surface area contributed by atoms with Crippen molar-refractivity contribution in [3.63, 3.8) is 0 Å². The molecule has 0 spiro atoms. The van der Waals surface area contributed by atoms with Gasteiger partial charge >= 0.3 is 0 Å². The summed E-state index contributed by atoms with van der Waals surface area (Å²) >= 11 is 0. The number of amides is 1. The van der Waals surface area contributed by atoms with E-state index in [-0.39, 0.29) is 23.5 Å². The van der Waals surface area contributed by atoms with Crippen LogP contribution in [0.4, 0.5) is 15.8 Å². The Morgan fingerprint density at radius 2 is 1.70 bits per heavy atom. The van der Waals surface area contributed by atoms with Crippen molar-refractivity contribution in [2.45, 2.75) is 17.7 Å². The molecule has 0 bridgehead atoms. The van der Waals surface area contributed by atoms with Crippen molar-refractivity contribution in [2.75, 3.05) is 49.6 Å². The summed E-state index contributed by atoms with van der Waals surface area (Å²) in [6, 6.07) is 10.7. The van der Waals surface area contributed by atoms with Gasteiger partial charge in [-0.3, -0.25) is 4.79 Å². The van der Waals surface area contributed by atoms with Crippen molar-refractivity contribution in [2.24, 2.45) is 0 Å². The lowest BCUT2D eigenvalue weighted by Crippen LogP contribution is -2.40. The number of halogens is 1. The van der Waals surface area contributed by atoms with Gasteiger partial charge in [0.25, 0.3) is 5.91 Å². The summed E-state index contributed by atoms with van der Waals surface area (Å²) in [5.41, 5.74) is 1.15. The van der Waals surface area contributed by atoms with Gasteiger partial charge < -0.3 is 15.0 Å². The van der Waals surface area contributed by atoms with Crippen molar-refractivity contribution in [3.05, 3.63) is 53.8 Å². The molecule has 2 heterocycles. The van der Waals surface area contributed by atoms with Crippen LogP contribution >= 0.6 is 0 Å². The van der Waals surface area contributed by atoms with Gasteiger partial charge in [-0.15, -0.1) is 0 Å². The summed E-state index contributed by atoms with van der Waals surface area (Å²) in [4.78, 5) is 14.9. The highest BCUT2D eigenvalue weighted by Gasteiger charge is 2.28. The molecule has 0 radical (unpaired) electrons. The van der Waals surface area contributed by atoms with Crippen molar-refractivity contribution in [1.82, 2.24) is 4.31 Å². The molecular weight excluding hydrogens is 409 g/mol. The van der Waals surface area contributed by atoms with Crippen LogP contribution in [0.5, 0.6) is 0 Å². The van der Waals surface area contributed by atoms with E-state index in [9.17, 15) is 17.6 Å². The van der Waals surface area contributed by atoms with Crippen LogP contribution in [0.3, 0.4) is 0 Å². The number of rotatable bonds is 5. The highest BCUT2D eigenvalue weighted by atomic mass is 32.2. The average Bonchev–Trinajstić information content (AvgIpc) is 3.29. The molecule has 2 aliphatic heterocycles. The molecule has 2 fully saturated rings. The van der Waals surface area contributed by atoms with E-state index in [1.165, 1.54) is 10.4 Å². The van der Waals surface area contributed by atoms with Crippen LogP contribution in [0.2, 0.25) is 0 Å². The highest BCUT2D eigenvalue weighted by Crippen LogP contribution is 2.29. The molecule has 0 aromatic heterocycles. The maximum atomic E-state index is 14.5. The van der Waals surface area contributed by atoms with Gasteiger partial charge in [0.2, 0.25) is 10.0 Å². The van der Waals surface area contributed by atoms with E-state index in [0.717, 1.165) is 43.8 Å². The minimum Gasteiger partial charge on any atom is -0.379 e. The molecule has 2 saturated heterocycles. The predicted molar refractivity (Wildman–Crippen MR) is 112 cm³/mol. The first-order valence-corrected chi connectivity index (χ1v) is 11.4. The molecule has 0 unspecified atom stereocenters. The van der Waals surface area contributed by atoms with Crippen molar-refractivity contribution in [3.8, 4) is 0 Å². The van der Waals surface area contributed by atoms with Gasteiger partial charge in [0.15, 0.2) is 0 Å². The summed E-state index contributed by atoms with van der Waals surface area (Å²) < 4.78 is 46.7. The zero-order valence-corrected chi connectivity index (χ0v) is 17.3. The van der Waals surface area contributed by atoms with Crippen LogP contribution in [-0.2, 0) is 14.8 Å². The number of hydrogen-bond acceptors (Lipinski definition) is 5. The van der Waals surface area contributed by atoms with Crippen molar-refractivity contribution < 1.29 is 22.3 Å². The van der Waals surface area contributed by atoms with E-state index >= 15 is 0 Å². The normalized spacial score (nSPS) is 17.8. The molecule has 9 heteroatoms. The van der Waals surface area contributed by atoms with E-state index in [1.807, 2.05) is 12.1 Å². The lowest BCUT2D eigenvalue weighted by Gasteiger charge is -2.26. The minimum absolute atomic E-state index is 0.108. The first kappa shape index (κ1) is 20.8. The molecule has 1 amide bonds. The second-order valence-electron chi connectivity index (χ2n) is 7.32. The molecule has 7 nitrogen and oxygen atoms in total. The number of morpholine rings is 1. The predicted octanol–water partition coefficient (Wildman–Crippen LogP) is 2.70. The molecule has 0 atom stereocenters. The number of anilines is 2. The van der Waals surface area contributed by atoms with E-state index in [0.29, 0.717) is 18.9 Å². The molecule has 0 aliphatic carbocycles. The number of benzene rings is 2. The van der Waals surface area contributed by atoms with Crippen LogP contribution in [0.1, 0.15) is 23.2 Å². The van der Waals surface area contributed by atoms with Crippen LogP contribution < -0.4 is 10.2 Å². The number of ether oxygens (including phenoxy) is 1. The summed E-state index contributed by atoms with van der Waals surface area (Å²) in [5, 5.41) is 2.75. The van der Waals surface area contributed by atoms with Gasteiger partial charge in [0.05, 0.1) is 35.0 Å². The quantitative estimate of drug-likeness (QED) is 0.785. The SMILES string of the molecule is O=C(Nc1ccccc1N1CCCC1)c1cc(S(=O)(=O)N2CCOCC2)ccc1F. The van der Waals surface area contributed by atoms with E-state index in [2.05, 4.69) is 10.2 Å². The number of nitrogens with one attached hydrogen (secondary N) is 1. The van der Waals surface area contributed by atoms with E-state index in [4.69, 9.17) is 4.74 Å². The van der Waals surface area contributed by atoms with Gasteiger partial charge in [-0.2, -0.15) is 4.31 Å². The summed E-state index contributed by atoms with van der Waals surface area (Å²) in [6.45, 7) is 2.86. The molecular formula is C21H24FN3O4S. The molecule has 1 N–H and O–H groups in total. The number of sulfonamides is 1. The minimum atomic E-state index is -3.83. The Morgan fingerprint density at radius 3 is 2.43 bits per heavy atom. The van der Waals surface area contributed by atoms with Crippen LogP contribution in [0.25, 0.3) is 0 Å². The molecule has 2 aromatic carbocycles. The summed E-state index contributed by atoms with van der Waals surface area (Å²) in [7, 11) is -3.83. The first-order chi connectivity index (χ1) is 14.5. The second kappa shape index (κ2) is 8.71. The Labute approximate surface area is 175 Å². The Kier molecular flexibility index (Phi) is 6.03.